The molecule has 6 heteroatoms. The molecule has 0 amide bonds. The standard InChI is InChI=1S/C15H25N3O2S/c1-3-12-7-8-14(10-15(12)16)21(19,20)17-11-13-6-5-9-18(13)4-2/h7-8,10,13,17H,3-6,9,11,16H2,1-2H3. The first-order chi connectivity index (χ1) is 9.97. The van der Waals surface area contributed by atoms with Crippen molar-refractivity contribution in [1.82, 2.24) is 9.62 Å². The Morgan fingerprint density at radius 3 is 2.76 bits per heavy atom. The Morgan fingerprint density at radius 1 is 1.38 bits per heavy atom. The van der Waals surface area contributed by atoms with Crippen molar-refractivity contribution in [3.8, 4) is 0 Å². The summed E-state index contributed by atoms with van der Waals surface area (Å²) in [7, 11) is -3.48. The van der Waals surface area contributed by atoms with Crippen LogP contribution in [-0.2, 0) is 16.4 Å². The number of aryl methyl sites for hydroxylation is 1. The van der Waals surface area contributed by atoms with Crippen molar-refractivity contribution in [3.63, 3.8) is 0 Å². The highest BCUT2D eigenvalue weighted by atomic mass is 32.2. The smallest absolute Gasteiger partial charge is 0.240 e. The largest absolute Gasteiger partial charge is 0.398 e. The van der Waals surface area contributed by atoms with E-state index in [-0.39, 0.29) is 4.90 Å². The Morgan fingerprint density at radius 2 is 2.14 bits per heavy atom. The van der Waals surface area contributed by atoms with Gasteiger partial charge in [-0.25, -0.2) is 13.1 Å². The monoisotopic (exact) mass is 311 g/mol. The van der Waals surface area contributed by atoms with E-state index in [0.717, 1.165) is 37.9 Å². The first-order valence-corrected chi connectivity index (χ1v) is 9.08. The third-order valence-corrected chi connectivity index (χ3v) is 5.64. The summed E-state index contributed by atoms with van der Waals surface area (Å²) in [6.45, 7) is 6.59. The van der Waals surface area contributed by atoms with E-state index in [1.807, 2.05) is 6.92 Å². The van der Waals surface area contributed by atoms with Gasteiger partial charge in [-0.1, -0.05) is 19.9 Å². The van der Waals surface area contributed by atoms with Crippen molar-refractivity contribution in [2.24, 2.45) is 0 Å². The predicted octanol–water partition coefficient (Wildman–Crippen LogP) is 1.59. The maximum atomic E-state index is 12.4. The number of nitrogens with zero attached hydrogens (tertiary/aromatic N) is 1. The maximum absolute atomic E-state index is 12.4. The molecule has 1 aromatic rings. The summed E-state index contributed by atoms with van der Waals surface area (Å²) < 4.78 is 27.4. The molecule has 0 aromatic heterocycles. The predicted molar refractivity (Wildman–Crippen MR) is 85.7 cm³/mol. The molecule has 1 fully saturated rings. The first kappa shape index (κ1) is 16.3. The summed E-state index contributed by atoms with van der Waals surface area (Å²) >= 11 is 0. The van der Waals surface area contributed by atoms with E-state index >= 15 is 0 Å². The van der Waals surface area contributed by atoms with Crippen LogP contribution in [0.4, 0.5) is 5.69 Å². The lowest BCUT2D eigenvalue weighted by Crippen LogP contribution is -2.40. The molecule has 21 heavy (non-hydrogen) atoms. The van der Waals surface area contributed by atoms with Crippen LogP contribution in [0.15, 0.2) is 23.1 Å². The molecular weight excluding hydrogens is 286 g/mol. The average Bonchev–Trinajstić information content (AvgIpc) is 2.92. The zero-order valence-corrected chi connectivity index (χ0v) is 13.6. The summed E-state index contributed by atoms with van der Waals surface area (Å²) in [6, 6.07) is 5.27. The van der Waals surface area contributed by atoms with Crippen LogP contribution in [0.1, 0.15) is 32.3 Å². The Balaban J connectivity index is 2.06. The fraction of sp³-hybridized carbons (Fsp3) is 0.600. The SMILES string of the molecule is CCc1ccc(S(=O)(=O)NCC2CCCN2CC)cc1N. The molecule has 3 N–H and O–H groups in total. The first-order valence-electron chi connectivity index (χ1n) is 7.60. The third-order valence-electron chi connectivity index (χ3n) is 4.22. The Bertz CT molecular complexity index is 587. The zero-order chi connectivity index (χ0) is 15.5. The number of anilines is 1. The number of sulfonamides is 1. The van der Waals surface area contributed by atoms with Crippen LogP contribution >= 0.6 is 0 Å². The van der Waals surface area contributed by atoms with Crippen molar-refractivity contribution in [2.45, 2.75) is 44.0 Å². The highest BCUT2D eigenvalue weighted by Crippen LogP contribution is 2.20. The molecule has 118 valence electrons. The average molecular weight is 311 g/mol. The number of hydrogen-bond acceptors (Lipinski definition) is 4. The molecule has 5 nitrogen and oxygen atoms in total. The van der Waals surface area contributed by atoms with Crippen LogP contribution in [0.2, 0.25) is 0 Å². The van der Waals surface area contributed by atoms with Gasteiger partial charge in [0.2, 0.25) is 10.0 Å². The summed E-state index contributed by atoms with van der Waals surface area (Å²) in [5.41, 5.74) is 7.40. The molecule has 1 aliphatic heterocycles. The van der Waals surface area contributed by atoms with Crippen LogP contribution in [0.3, 0.4) is 0 Å². The number of benzene rings is 1. The molecule has 1 aliphatic rings. The molecular formula is C15H25N3O2S. The Hall–Kier alpha value is -1.11. The lowest BCUT2D eigenvalue weighted by atomic mass is 10.1. The molecule has 1 aromatic carbocycles. The van der Waals surface area contributed by atoms with Gasteiger partial charge in [0.25, 0.3) is 0 Å². The summed E-state index contributed by atoms with van der Waals surface area (Å²) in [5.74, 6) is 0. The van der Waals surface area contributed by atoms with E-state index in [4.69, 9.17) is 5.73 Å². The molecule has 1 heterocycles. The summed E-state index contributed by atoms with van der Waals surface area (Å²) in [5, 5.41) is 0. The molecule has 0 radical (unpaired) electrons. The van der Waals surface area contributed by atoms with Gasteiger partial charge in [0.05, 0.1) is 4.90 Å². The molecule has 0 bridgehead atoms. The lowest BCUT2D eigenvalue weighted by molar-refractivity contribution is 0.268. The summed E-state index contributed by atoms with van der Waals surface area (Å²) in [4.78, 5) is 2.56. The number of nitrogens with one attached hydrogen (secondary N) is 1. The lowest BCUT2D eigenvalue weighted by Gasteiger charge is -2.22. The van der Waals surface area contributed by atoms with Gasteiger partial charge in [-0.05, 0) is 50.0 Å². The normalized spacial score (nSPS) is 20.0. The van der Waals surface area contributed by atoms with E-state index in [0.29, 0.717) is 18.3 Å². The minimum absolute atomic E-state index is 0.248. The minimum Gasteiger partial charge on any atom is -0.398 e. The van der Waals surface area contributed by atoms with Crippen molar-refractivity contribution >= 4 is 15.7 Å². The Labute approximate surface area is 127 Å². The quantitative estimate of drug-likeness (QED) is 0.782. The topological polar surface area (TPSA) is 75.4 Å². The highest BCUT2D eigenvalue weighted by molar-refractivity contribution is 7.89. The van der Waals surface area contributed by atoms with Crippen LogP contribution in [0, 0.1) is 0 Å². The number of likely N-dealkylation sites (tertiary alicyclic amines) is 1. The Kier molecular flexibility index (Phi) is 5.24. The van der Waals surface area contributed by atoms with Gasteiger partial charge >= 0.3 is 0 Å². The molecule has 2 rings (SSSR count). The second kappa shape index (κ2) is 6.77. The molecule has 0 saturated carbocycles. The number of nitrogens with two attached hydrogens (primary N) is 1. The van der Waals surface area contributed by atoms with Gasteiger partial charge in [-0.2, -0.15) is 0 Å². The fourth-order valence-corrected chi connectivity index (χ4v) is 4.00. The van der Waals surface area contributed by atoms with E-state index < -0.39 is 10.0 Å². The van der Waals surface area contributed by atoms with Gasteiger partial charge in [0, 0.05) is 18.3 Å². The van der Waals surface area contributed by atoms with Crippen molar-refractivity contribution in [2.75, 3.05) is 25.4 Å². The molecule has 0 spiro atoms. The van der Waals surface area contributed by atoms with Crippen molar-refractivity contribution in [3.05, 3.63) is 23.8 Å². The number of likely N-dealkylation sites (N-methyl/N-ethyl adjacent to an activating group) is 1. The molecule has 1 unspecified atom stereocenters. The molecule has 1 atom stereocenters. The fourth-order valence-electron chi connectivity index (χ4n) is 2.89. The number of nitrogen functional groups attached to an aromatic ring is 1. The van der Waals surface area contributed by atoms with Gasteiger partial charge in [-0.15, -0.1) is 0 Å². The van der Waals surface area contributed by atoms with Gasteiger partial charge in [0.15, 0.2) is 0 Å². The van der Waals surface area contributed by atoms with Crippen LogP contribution in [-0.4, -0.2) is 39.0 Å². The number of hydrogen-bond donors (Lipinski definition) is 2. The molecule has 0 aliphatic carbocycles. The van der Waals surface area contributed by atoms with Crippen molar-refractivity contribution in [1.29, 1.82) is 0 Å². The van der Waals surface area contributed by atoms with Crippen LogP contribution in [0.5, 0.6) is 0 Å². The van der Waals surface area contributed by atoms with E-state index in [9.17, 15) is 8.42 Å². The van der Waals surface area contributed by atoms with Crippen LogP contribution < -0.4 is 10.5 Å². The van der Waals surface area contributed by atoms with Crippen molar-refractivity contribution < 1.29 is 8.42 Å². The van der Waals surface area contributed by atoms with Gasteiger partial charge < -0.3 is 5.73 Å². The second-order valence-electron chi connectivity index (χ2n) is 5.49. The second-order valence-corrected chi connectivity index (χ2v) is 7.26. The zero-order valence-electron chi connectivity index (χ0n) is 12.8. The van der Waals surface area contributed by atoms with E-state index in [1.54, 1.807) is 18.2 Å². The van der Waals surface area contributed by atoms with Crippen LogP contribution in [0.25, 0.3) is 0 Å². The van der Waals surface area contributed by atoms with E-state index in [1.165, 1.54) is 0 Å². The highest BCUT2D eigenvalue weighted by Gasteiger charge is 2.25. The van der Waals surface area contributed by atoms with E-state index in [2.05, 4.69) is 16.5 Å². The third kappa shape index (κ3) is 3.75. The maximum Gasteiger partial charge on any atom is 0.240 e. The summed E-state index contributed by atoms with van der Waals surface area (Å²) in [6.07, 6.45) is 2.98. The number of rotatable bonds is 6. The molecule has 1 saturated heterocycles. The van der Waals surface area contributed by atoms with Gasteiger partial charge in [-0.3, -0.25) is 4.90 Å². The minimum atomic E-state index is -3.48. The van der Waals surface area contributed by atoms with Gasteiger partial charge in [0.1, 0.15) is 0 Å².